The van der Waals surface area contributed by atoms with Gasteiger partial charge in [-0.1, -0.05) is 13.0 Å². The first-order valence-corrected chi connectivity index (χ1v) is 7.12. The van der Waals surface area contributed by atoms with E-state index in [4.69, 9.17) is 0 Å². The van der Waals surface area contributed by atoms with Crippen molar-refractivity contribution >= 4 is 17.9 Å². The monoisotopic (exact) mass is 287 g/mol. The molecule has 2 amide bonds. The molecular formula is C15H17N3O3. The second-order valence-electron chi connectivity index (χ2n) is 5.64. The minimum Gasteiger partial charge on any atom is -0.295 e. The molecule has 0 radical (unpaired) electrons. The highest BCUT2D eigenvalue weighted by Gasteiger charge is 2.32. The molecule has 2 heterocycles. The van der Waals surface area contributed by atoms with E-state index in [1.807, 2.05) is 19.1 Å². The molecule has 6 heteroatoms. The van der Waals surface area contributed by atoms with Crippen LogP contribution in [-0.4, -0.2) is 21.4 Å². The van der Waals surface area contributed by atoms with Crippen molar-refractivity contribution in [3.8, 4) is 0 Å². The minimum absolute atomic E-state index is 0.0881. The minimum atomic E-state index is -0.647. The summed E-state index contributed by atoms with van der Waals surface area (Å²) in [7, 11) is 0. The van der Waals surface area contributed by atoms with E-state index in [1.165, 1.54) is 4.57 Å². The summed E-state index contributed by atoms with van der Waals surface area (Å²) >= 11 is 0. The Hall–Kier alpha value is -2.24. The molecule has 1 aromatic rings. The average Bonchev–Trinajstić information content (AvgIpc) is 2.40. The van der Waals surface area contributed by atoms with E-state index in [0.717, 1.165) is 6.42 Å². The number of rotatable bonds is 1. The van der Waals surface area contributed by atoms with Gasteiger partial charge in [0.05, 0.1) is 5.69 Å². The number of hydrogen-bond acceptors (Lipinski definition) is 4. The standard InChI is InChI=1S/C15H17N3O3/c1-8-4-3-5-10-13(8)15(21)18(9(2)16-10)11-6-7-12(19)17-14(11)20/h3,5,8,11H,4,6-7H2,1-2H3,(H,17,19,20). The highest BCUT2D eigenvalue weighted by molar-refractivity contribution is 5.99. The lowest BCUT2D eigenvalue weighted by Crippen LogP contribution is -2.46. The molecule has 0 spiro atoms. The van der Waals surface area contributed by atoms with Crippen LogP contribution in [0.3, 0.4) is 0 Å². The quantitative estimate of drug-likeness (QED) is 0.783. The molecule has 1 aromatic heterocycles. The summed E-state index contributed by atoms with van der Waals surface area (Å²) in [5.74, 6) is -0.112. The molecule has 110 valence electrons. The van der Waals surface area contributed by atoms with Crippen LogP contribution >= 0.6 is 0 Å². The molecule has 0 saturated carbocycles. The van der Waals surface area contributed by atoms with E-state index in [-0.39, 0.29) is 23.8 Å². The maximum atomic E-state index is 12.8. The third-order valence-corrected chi connectivity index (χ3v) is 4.14. The van der Waals surface area contributed by atoms with Crippen LogP contribution in [0.15, 0.2) is 10.9 Å². The van der Waals surface area contributed by atoms with Gasteiger partial charge < -0.3 is 0 Å². The van der Waals surface area contributed by atoms with Gasteiger partial charge in [-0.05, 0) is 31.8 Å². The van der Waals surface area contributed by atoms with Crippen molar-refractivity contribution in [3.05, 3.63) is 33.5 Å². The second-order valence-corrected chi connectivity index (χ2v) is 5.64. The zero-order chi connectivity index (χ0) is 15.1. The van der Waals surface area contributed by atoms with Crippen molar-refractivity contribution in [2.45, 2.75) is 45.1 Å². The van der Waals surface area contributed by atoms with E-state index >= 15 is 0 Å². The number of nitrogens with one attached hydrogen (secondary N) is 1. The van der Waals surface area contributed by atoms with Gasteiger partial charge in [-0.2, -0.15) is 0 Å². The van der Waals surface area contributed by atoms with E-state index in [9.17, 15) is 14.4 Å². The lowest BCUT2D eigenvalue weighted by Gasteiger charge is -2.26. The fourth-order valence-corrected chi connectivity index (χ4v) is 3.06. The van der Waals surface area contributed by atoms with Crippen molar-refractivity contribution in [3.63, 3.8) is 0 Å². The van der Waals surface area contributed by atoms with E-state index in [1.54, 1.807) is 6.92 Å². The number of fused-ring (bicyclic) bond motifs is 1. The van der Waals surface area contributed by atoms with Crippen molar-refractivity contribution in [2.24, 2.45) is 0 Å². The summed E-state index contributed by atoms with van der Waals surface area (Å²) in [6.07, 6.45) is 5.25. The highest BCUT2D eigenvalue weighted by Crippen LogP contribution is 2.27. The molecule has 21 heavy (non-hydrogen) atoms. The molecular weight excluding hydrogens is 270 g/mol. The van der Waals surface area contributed by atoms with Crippen LogP contribution in [-0.2, 0) is 9.59 Å². The lowest BCUT2D eigenvalue weighted by molar-refractivity contribution is -0.135. The number of aromatic nitrogens is 2. The van der Waals surface area contributed by atoms with Crippen molar-refractivity contribution in [1.82, 2.24) is 14.9 Å². The van der Waals surface area contributed by atoms with Gasteiger partial charge in [0.2, 0.25) is 11.8 Å². The van der Waals surface area contributed by atoms with Gasteiger partial charge in [0.25, 0.3) is 5.56 Å². The highest BCUT2D eigenvalue weighted by atomic mass is 16.2. The lowest BCUT2D eigenvalue weighted by atomic mass is 9.92. The molecule has 0 aromatic carbocycles. The number of hydrogen-bond donors (Lipinski definition) is 1. The number of aryl methyl sites for hydroxylation is 1. The van der Waals surface area contributed by atoms with Crippen LogP contribution in [0.5, 0.6) is 0 Å². The average molecular weight is 287 g/mol. The molecule has 2 atom stereocenters. The van der Waals surface area contributed by atoms with E-state index in [2.05, 4.69) is 10.3 Å². The Kier molecular flexibility index (Phi) is 3.23. The van der Waals surface area contributed by atoms with Crippen molar-refractivity contribution < 1.29 is 9.59 Å². The maximum Gasteiger partial charge on any atom is 0.258 e. The van der Waals surface area contributed by atoms with Crippen LogP contribution in [0, 0.1) is 6.92 Å². The first-order valence-electron chi connectivity index (χ1n) is 7.12. The number of allylic oxidation sites excluding steroid dienone is 1. The van der Waals surface area contributed by atoms with Crippen LogP contribution in [0.1, 0.15) is 55.2 Å². The van der Waals surface area contributed by atoms with Crippen LogP contribution in [0.2, 0.25) is 0 Å². The number of carbonyl (C=O) groups excluding carboxylic acids is 2. The molecule has 1 aliphatic carbocycles. The summed E-state index contributed by atoms with van der Waals surface area (Å²) in [4.78, 5) is 40.5. The Morgan fingerprint density at radius 3 is 2.81 bits per heavy atom. The van der Waals surface area contributed by atoms with E-state index in [0.29, 0.717) is 23.5 Å². The largest absolute Gasteiger partial charge is 0.295 e. The third-order valence-electron chi connectivity index (χ3n) is 4.14. The zero-order valence-corrected chi connectivity index (χ0v) is 12.0. The Balaban J connectivity index is 2.14. The van der Waals surface area contributed by atoms with Gasteiger partial charge in [-0.15, -0.1) is 0 Å². The summed E-state index contributed by atoms with van der Waals surface area (Å²) in [5.41, 5.74) is 1.19. The maximum absolute atomic E-state index is 12.8. The number of nitrogens with zero attached hydrogens (tertiary/aromatic N) is 2. The van der Waals surface area contributed by atoms with Gasteiger partial charge in [-0.3, -0.25) is 24.3 Å². The molecule has 1 aliphatic heterocycles. The van der Waals surface area contributed by atoms with Crippen LogP contribution in [0.25, 0.3) is 6.08 Å². The molecule has 3 rings (SSSR count). The molecule has 1 saturated heterocycles. The smallest absolute Gasteiger partial charge is 0.258 e. The fraction of sp³-hybridized carbons (Fsp3) is 0.467. The topological polar surface area (TPSA) is 81.1 Å². The first-order chi connectivity index (χ1) is 9.99. The van der Waals surface area contributed by atoms with E-state index < -0.39 is 11.9 Å². The van der Waals surface area contributed by atoms with Crippen LogP contribution in [0.4, 0.5) is 0 Å². The van der Waals surface area contributed by atoms with Gasteiger partial charge in [0, 0.05) is 12.0 Å². The predicted molar refractivity (Wildman–Crippen MR) is 76.7 cm³/mol. The first kappa shape index (κ1) is 13.7. The summed E-state index contributed by atoms with van der Waals surface area (Å²) in [6.45, 7) is 3.70. The van der Waals surface area contributed by atoms with Gasteiger partial charge in [-0.25, -0.2) is 4.98 Å². The number of piperidine rings is 1. The summed E-state index contributed by atoms with van der Waals surface area (Å²) in [5, 5.41) is 2.29. The fourth-order valence-electron chi connectivity index (χ4n) is 3.06. The Morgan fingerprint density at radius 2 is 2.10 bits per heavy atom. The van der Waals surface area contributed by atoms with Crippen molar-refractivity contribution in [1.29, 1.82) is 0 Å². The molecule has 1 N–H and O–H groups in total. The summed E-state index contributed by atoms with van der Waals surface area (Å²) in [6, 6.07) is -0.647. The predicted octanol–water partition coefficient (Wildman–Crippen LogP) is 1.05. The molecule has 0 bridgehead atoms. The molecule has 2 unspecified atom stereocenters. The Bertz CT molecular complexity index is 718. The molecule has 1 fully saturated rings. The van der Waals surface area contributed by atoms with Crippen molar-refractivity contribution in [2.75, 3.05) is 0 Å². The third kappa shape index (κ3) is 2.20. The zero-order valence-electron chi connectivity index (χ0n) is 12.0. The Labute approximate surface area is 121 Å². The number of amides is 2. The second kappa shape index (κ2) is 4.95. The van der Waals surface area contributed by atoms with Gasteiger partial charge in [0.1, 0.15) is 11.9 Å². The van der Waals surface area contributed by atoms with Gasteiger partial charge >= 0.3 is 0 Å². The normalized spacial score (nSPS) is 24.7. The van der Waals surface area contributed by atoms with Gasteiger partial charge in [0.15, 0.2) is 0 Å². The molecule has 2 aliphatic rings. The number of imide groups is 1. The van der Waals surface area contributed by atoms with Crippen LogP contribution < -0.4 is 10.9 Å². The number of carbonyl (C=O) groups is 2. The SMILES string of the molecule is Cc1nc2c(c(=O)n1C1CCC(=O)NC1=O)C(C)CC=C2. The Morgan fingerprint density at radius 1 is 1.33 bits per heavy atom. The summed E-state index contributed by atoms with van der Waals surface area (Å²) < 4.78 is 1.44. The molecule has 6 nitrogen and oxygen atoms in total.